The Morgan fingerprint density at radius 2 is 2.06 bits per heavy atom. The molecule has 1 rings (SSSR count). The molecule has 1 aliphatic carbocycles. The van der Waals surface area contributed by atoms with Crippen molar-refractivity contribution in [1.82, 2.24) is 4.90 Å². The summed E-state index contributed by atoms with van der Waals surface area (Å²) in [6.45, 7) is 7.88. The van der Waals surface area contributed by atoms with Crippen LogP contribution in [0.2, 0.25) is 0 Å². The van der Waals surface area contributed by atoms with Crippen molar-refractivity contribution in [1.29, 1.82) is 5.26 Å². The third-order valence-electron chi connectivity index (χ3n) is 3.89. The average Bonchev–Trinajstić information content (AvgIpc) is 2.27. The molecule has 1 fully saturated rings. The Hall–Kier alpha value is -0.550. The van der Waals surface area contributed by atoms with Crippen LogP contribution >= 0.6 is 0 Å². The number of nitriles is 1. The van der Waals surface area contributed by atoms with Gasteiger partial charge in [-0.2, -0.15) is 5.26 Å². The zero-order chi connectivity index (χ0) is 12.1. The van der Waals surface area contributed by atoms with Crippen LogP contribution in [0.3, 0.4) is 0 Å². The molecule has 0 amide bonds. The first kappa shape index (κ1) is 13.5. The molecule has 2 nitrogen and oxygen atoms in total. The molecule has 0 aromatic rings. The first-order chi connectivity index (χ1) is 7.58. The maximum atomic E-state index is 9.23. The van der Waals surface area contributed by atoms with Gasteiger partial charge < -0.3 is 4.90 Å². The van der Waals surface area contributed by atoms with Gasteiger partial charge in [-0.1, -0.05) is 27.2 Å². The van der Waals surface area contributed by atoms with E-state index in [1.165, 1.54) is 19.3 Å². The van der Waals surface area contributed by atoms with E-state index in [0.29, 0.717) is 12.0 Å². The minimum absolute atomic E-state index is 0.256. The molecule has 3 unspecified atom stereocenters. The van der Waals surface area contributed by atoms with Gasteiger partial charge in [0.05, 0.1) is 12.0 Å². The third-order valence-corrected chi connectivity index (χ3v) is 3.89. The van der Waals surface area contributed by atoms with Crippen molar-refractivity contribution >= 4 is 0 Å². The van der Waals surface area contributed by atoms with Gasteiger partial charge in [-0.3, -0.25) is 0 Å². The first-order valence-corrected chi connectivity index (χ1v) is 6.68. The van der Waals surface area contributed by atoms with Crippen LogP contribution in [0.25, 0.3) is 0 Å². The maximum Gasteiger partial charge on any atom is 0.0672 e. The molecule has 0 aromatic heterocycles. The highest BCUT2D eigenvalue weighted by molar-refractivity contribution is 4.97. The van der Waals surface area contributed by atoms with Crippen molar-refractivity contribution in [2.75, 3.05) is 13.6 Å². The molecule has 0 radical (unpaired) electrons. The summed E-state index contributed by atoms with van der Waals surface area (Å²) < 4.78 is 0. The molecule has 1 saturated carbocycles. The molecule has 0 bridgehead atoms. The van der Waals surface area contributed by atoms with Crippen LogP contribution in [-0.4, -0.2) is 24.5 Å². The van der Waals surface area contributed by atoms with Gasteiger partial charge in [0, 0.05) is 12.6 Å². The minimum Gasteiger partial charge on any atom is -0.302 e. The van der Waals surface area contributed by atoms with Gasteiger partial charge in [0.2, 0.25) is 0 Å². The summed E-state index contributed by atoms with van der Waals surface area (Å²) >= 11 is 0. The van der Waals surface area contributed by atoms with Crippen molar-refractivity contribution in [3.8, 4) is 6.07 Å². The zero-order valence-electron chi connectivity index (χ0n) is 11.2. The average molecular weight is 222 g/mol. The highest BCUT2D eigenvalue weighted by Gasteiger charge is 2.32. The Kier molecular flexibility index (Phi) is 5.28. The summed E-state index contributed by atoms with van der Waals surface area (Å²) in [7, 11) is 2.19. The Bertz CT molecular complexity index is 242. The molecule has 0 aromatic carbocycles. The summed E-state index contributed by atoms with van der Waals surface area (Å²) in [4.78, 5) is 2.42. The fraction of sp³-hybridized carbons (Fsp3) is 0.929. The summed E-state index contributed by atoms with van der Waals surface area (Å²) in [6, 6.07) is 3.00. The third kappa shape index (κ3) is 3.49. The Labute approximate surface area is 101 Å². The minimum atomic E-state index is 0.256. The summed E-state index contributed by atoms with van der Waals surface area (Å²) in [5, 5.41) is 9.23. The zero-order valence-corrected chi connectivity index (χ0v) is 11.2. The second-order valence-corrected chi connectivity index (χ2v) is 5.72. The lowest BCUT2D eigenvalue weighted by atomic mass is 9.77. The Morgan fingerprint density at radius 3 is 2.56 bits per heavy atom. The predicted molar refractivity (Wildman–Crippen MR) is 68.0 cm³/mol. The molecule has 0 saturated heterocycles. The van der Waals surface area contributed by atoms with Crippen molar-refractivity contribution in [3.05, 3.63) is 0 Å². The van der Waals surface area contributed by atoms with Crippen LogP contribution in [-0.2, 0) is 0 Å². The van der Waals surface area contributed by atoms with Gasteiger partial charge in [0.1, 0.15) is 0 Å². The van der Waals surface area contributed by atoms with Crippen molar-refractivity contribution in [2.24, 2.45) is 17.8 Å². The van der Waals surface area contributed by atoms with Gasteiger partial charge in [0.25, 0.3) is 0 Å². The lowest BCUT2D eigenvalue weighted by Gasteiger charge is -2.39. The topological polar surface area (TPSA) is 27.0 Å². The lowest BCUT2D eigenvalue weighted by Crippen LogP contribution is -2.43. The molecular weight excluding hydrogens is 196 g/mol. The van der Waals surface area contributed by atoms with Gasteiger partial charge in [0.15, 0.2) is 0 Å². The molecule has 2 heteroatoms. The van der Waals surface area contributed by atoms with E-state index >= 15 is 0 Å². The summed E-state index contributed by atoms with van der Waals surface area (Å²) in [5.74, 6) is 1.78. The smallest absolute Gasteiger partial charge is 0.0672 e. The van der Waals surface area contributed by atoms with E-state index in [0.717, 1.165) is 18.9 Å². The monoisotopic (exact) mass is 222 g/mol. The summed E-state index contributed by atoms with van der Waals surface area (Å²) in [6.07, 6.45) is 4.84. The molecule has 92 valence electrons. The van der Waals surface area contributed by atoms with Gasteiger partial charge in [-0.05, 0) is 38.1 Å². The molecule has 0 N–H and O–H groups in total. The van der Waals surface area contributed by atoms with Gasteiger partial charge in [-0.15, -0.1) is 0 Å². The van der Waals surface area contributed by atoms with Crippen molar-refractivity contribution < 1.29 is 0 Å². The second-order valence-electron chi connectivity index (χ2n) is 5.72. The van der Waals surface area contributed by atoms with E-state index in [2.05, 4.69) is 38.8 Å². The van der Waals surface area contributed by atoms with E-state index in [9.17, 15) is 5.26 Å². The van der Waals surface area contributed by atoms with Crippen molar-refractivity contribution in [3.63, 3.8) is 0 Å². The lowest BCUT2D eigenvalue weighted by molar-refractivity contribution is 0.113. The molecule has 0 spiro atoms. The van der Waals surface area contributed by atoms with E-state index < -0.39 is 0 Å². The standard InChI is InChI=1S/C14H26N2/c1-5-12-6-7-13(9-15)14(8-12)16(4)10-11(2)3/h11-14H,5-8,10H2,1-4H3. The van der Waals surface area contributed by atoms with Crippen LogP contribution in [0.5, 0.6) is 0 Å². The second kappa shape index (κ2) is 6.25. The largest absolute Gasteiger partial charge is 0.302 e. The molecule has 1 aliphatic rings. The number of rotatable bonds is 4. The van der Waals surface area contributed by atoms with Crippen LogP contribution < -0.4 is 0 Å². The Morgan fingerprint density at radius 1 is 1.38 bits per heavy atom. The van der Waals surface area contributed by atoms with Crippen LogP contribution in [0.15, 0.2) is 0 Å². The molecule has 0 heterocycles. The number of hydrogen-bond acceptors (Lipinski definition) is 2. The first-order valence-electron chi connectivity index (χ1n) is 6.68. The van der Waals surface area contributed by atoms with E-state index in [1.807, 2.05) is 0 Å². The van der Waals surface area contributed by atoms with E-state index in [1.54, 1.807) is 0 Å². The fourth-order valence-electron chi connectivity index (χ4n) is 2.95. The summed E-state index contributed by atoms with van der Waals surface area (Å²) in [5.41, 5.74) is 0. The fourth-order valence-corrected chi connectivity index (χ4v) is 2.95. The van der Waals surface area contributed by atoms with Crippen LogP contribution in [0.1, 0.15) is 46.5 Å². The van der Waals surface area contributed by atoms with Crippen LogP contribution in [0.4, 0.5) is 0 Å². The van der Waals surface area contributed by atoms with E-state index in [-0.39, 0.29) is 5.92 Å². The van der Waals surface area contributed by atoms with E-state index in [4.69, 9.17) is 0 Å². The van der Waals surface area contributed by atoms with Crippen molar-refractivity contribution in [2.45, 2.75) is 52.5 Å². The molecule has 0 aliphatic heterocycles. The predicted octanol–water partition coefficient (Wildman–Crippen LogP) is 3.29. The molecule has 16 heavy (non-hydrogen) atoms. The maximum absolute atomic E-state index is 9.23. The quantitative estimate of drug-likeness (QED) is 0.730. The van der Waals surface area contributed by atoms with Crippen LogP contribution in [0, 0.1) is 29.1 Å². The molecular formula is C14H26N2. The highest BCUT2D eigenvalue weighted by atomic mass is 15.1. The Balaban J connectivity index is 2.61. The highest BCUT2D eigenvalue weighted by Crippen LogP contribution is 2.33. The normalized spacial score (nSPS) is 30.7. The molecule has 3 atom stereocenters. The SMILES string of the molecule is CCC1CCC(C#N)C(N(C)CC(C)C)C1. The van der Waals surface area contributed by atoms with Gasteiger partial charge in [-0.25, -0.2) is 0 Å². The number of hydrogen-bond donors (Lipinski definition) is 0. The number of nitrogens with zero attached hydrogens (tertiary/aromatic N) is 2. The van der Waals surface area contributed by atoms with Gasteiger partial charge >= 0.3 is 0 Å².